The van der Waals surface area contributed by atoms with Crippen LogP contribution in [0.3, 0.4) is 0 Å². The summed E-state index contributed by atoms with van der Waals surface area (Å²) in [6.45, 7) is 7.56. The fourth-order valence-corrected chi connectivity index (χ4v) is 1.48. The molecule has 1 heterocycles. The molecule has 0 amide bonds. The van der Waals surface area contributed by atoms with E-state index in [1.165, 1.54) is 10.6 Å². The molecule has 4 N–H and O–H groups in total. The van der Waals surface area contributed by atoms with Gasteiger partial charge in [0.15, 0.2) is 0 Å². The second-order valence-corrected chi connectivity index (χ2v) is 3.45. The molecule has 0 saturated carbocycles. The third-order valence-electron chi connectivity index (χ3n) is 2.18. The van der Waals surface area contributed by atoms with E-state index in [9.17, 15) is 4.79 Å². The highest BCUT2D eigenvalue weighted by molar-refractivity contribution is 6.00. The van der Waals surface area contributed by atoms with Crippen molar-refractivity contribution >= 4 is 11.5 Å². The molecule has 1 rings (SSSR count). The Bertz CT molecular complexity index is 487. The molecule has 0 aliphatic carbocycles. The summed E-state index contributed by atoms with van der Waals surface area (Å²) in [6, 6.07) is 3.06. The standard InChI is InChI=1S/C11H16N4O/c1-4-15-10(16)6-5-9(7(2)12)11(15)14-8(3)13/h5-6,12,14H,3-4,13H2,1-2H3. The molecule has 16 heavy (non-hydrogen) atoms. The van der Waals surface area contributed by atoms with Crippen LogP contribution in [0, 0.1) is 5.41 Å². The van der Waals surface area contributed by atoms with Crippen molar-refractivity contribution in [1.82, 2.24) is 4.57 Å². The zero-order valence-corrected chi connectivity index (χ0v) is 9.50. The van der Waals surface area contributed by atoms with Crippen LogP contribution in [0.25, 0.3) is 0 Å². The van der Waals surface area contributed by atoms with Crippen molar-refractivity contribution in [3.05, 3.63) is 40.4 Å². The lowest BCUT2D eigenvalue weighted by Gasteiger charge is -2.16. The highest BCUT2D eigenvalue weighted by Crippen LogP contribution is 2.14. The molecule has 86 valence electrons. The molecule has 0 unspecified atom stereocenters. The number of anilines is 1. The first-order chi connectivity index (χ1) is 7.47. The zero-order valence-electron chi connectivity index (χ0n) is 9.50. The summed E-state index contributed by atoms with van der Waals surface area (Å²) in [5.41, 5.74) is 6.36. The van der Waals surface area contributed by atoms with E-state index in [1.807, 2.05) is 6.92 Å². The molecule has 0 atom stereocenters. The van der Waals surface area contributed by atoms with Crippen molar-refractivity contribution in [2.45, 2.75) is 20.4 Å². The van der Waals surface area contributed by atoms with Gasteiger partial charge in [-0.2, -0.15) is 0 Å². The van der Waals surface area contributed by atoms with Crippen LogP contribution in [0.4, 0.5) is 5.82 Å². The molecule has 0 aliphatic rings. The monoisotopic (exact) mass is 220 g/mol. The van der Waals surface area contributed by atoms with Crippen LogP contribution in [0.15, 0.2) is 29.3 Å². The third kappa shape index (κ3) is 2.31. The summed E-state index contributed by atoms with van der Waals surface area (Å²) in [5.74, 6) is 0.769. The van der Waals surface area contributed by atoms with Gasteiger partial charge in [0.1, 0.15) is 5.82 Å². The fraction of sp³-hybridized carbons (Fsp3) is 0.273. The maximum absolute atomic E-state index is 11.6. The van der Waals surface area contributed by atoms with Crippen molar-refractivity contribution in [3.8, 4) is 0 Å². The fourth-order valence-electron chi connectivity index (χ4n) is 1.48. The molecule has 0 spiro atoms. The summed E-state index contributed by atoms with van der Waals surface area (Å²) < 4.78 is 1.52. The minimum Gasteiger partial charge on any atom is -0.386 e. The van der Waals surface area contributed by atoms with Crippen LogP contribution >= 0.6 is 0 Å². The maximum atomic E-state index is 11.6. The maximum Gasteiger partial charge on any atom is 0.252 e. The first-order valence-corrected chi connectivity index (χ1v) is 4.98. The molecule has 0 aromatic carbocycles. The molecule has 0 saturated heterocycles. The Morgan fingerprint density at radius 2 is 2.25 bits per heavy atom. The number of nitrogens with one attached hydrogen (secondary N) is 2. The summed E-state index contributed by atoms with van der Waals surface area (Å²) >= 11 is 0. The van der Waals surface area contributed by atoms with Gasteiger partial charge in [0.2, 0.25) is 0 Å². The first kappa shape index (κ1) is 12.0. The van der Waals surface area contributed by atoms with Gasteiger partial charge >= 0.3 is 0 Å². The number of pyridine rings is 1. The van der Waals surface area contributed by atoms with Gasteiger partial charge < -0.3 is 16.5 Å². The van der Waals surface area contributed by atoms with Gasteiger partial charge in [-0.3, -0.25) is 9.36 Å². The Hall–Kier alpha value is -2.04. The topological polar surface area (TPSA) is 83.9 Å². The average molecular weight is 220 g/mol. The molecule has 0 bridgehead atoms. The lowest BCUT2D eigenvalue weighted by molar-refractivity contribution is 0.733. The predicted octanol–water partition coefficient (Wildman–Crippen LogP) is 1.10. The van der Waals surface area contributed by atoms with Crippen LogP contribution in [0.1, 0.15) is 19.4 Å². The molecule has 0 radical (unpaired) electrons. The van der Waals surface area contributed by atoms with E-state index in [4.69, 9.17) is 11.1 Å². The highest BCUT2D eigenvalue weighted by Gasteiger charge is 2.10. The Labute approximate surface area is 94.1 Å². The normalized spacial score (nSPS) is 9.88. The molecule has 0 fully saturated rings. The number of hydrogen-bond acceptors (Lipinski definition) is 4. The predicted molar refractivity (Wildman–Crippen MR) is 65.8 cm³/mol. The lowest BCUT2D eigenvalue weighted by Crippen LogP contribution is -2.25. The number of aromatic nitrogens is 1. The summed E-state index contributed by atoms with van der Waals surface area (Å²) in [4.78, 5) is 11.6. The minimum atomic E-state index is -0.128. The SMILES string of the molecule is C=C(N)Nc1c(C(C)=N)ccc(=O)n1CC. The Balaban J connectivity index is 3.46. The van der Waals surface area contributed by atoms with Gasteiger partial charge in [0.05, 0.1) is 5.82 Å². The molecule has 5 heteroatoms. The first-order valence-electron chi connectivity index (χ1n) is 4.98. The Morgan fingerprint density at radius 3 is 2.69 bits per heavy atom. The third-order valence-corrected chi connectivity index (χ3v) is 2.18. The quantitative estimate of drug-likeness (QED) is 0.664. The van der Waals surface area contributed by atoms with E-state index >= 15 is 0 Å². The number of rotatable bonds is 4. The second-order valence-electron chi connectivity index (χ2n) is 3.45. The van der Waals surface area contributed by atoms with E-state index in [-0.39, 0.29) is 11.4 Å². The van der Waals surface area contributed by atoms with Crippen molar-refractivity contribution < 1.29 is 0 Å². The molecule has 1 aromatic rings. The zero-order chi connectivity index (χ0) is 12.3. The molecular formula is C11H16N4O. The molecule has 0 aliphatic heterocycles. The van der Waals surface area contributed by atoms with Crippen LogP contribution < -0.4 is 16.6 Å². The lowest BCUT2D eigenvalue weighted by atomic mass is 10.1. The van der Waals surface area contributed by atoms with E-state index in [0.29, 0.717) is 23.6 Å². The Morgan fingerprint density at radius 1 is 1.62 bits per heavy atom. The number of nitrogens with zero attached hydrogens (tertiary/aromatic N) is 1. The van der Waals surface area contributed by atoms with Crippen LogP contribution in [-0.2, 0) is 6.54 Å². The number of hydrogen-bond donors (Lipinski definition) is 3. The van der Waals surface area contributed by atoms with Gasteiger partial charge in [0, 0.05) is 23.9 Å². The van der Waals surface area contributed by atoms with Crippen LogP contribution in [0.5, 0.6) is 0 Å². The summed E-state index contributed by atoms with van der Waals surface area (Å²) in [7, 11) is 0. The van der Waals surface area contributed by atoms with Gasteiger partial charge in [-0.1, -0.05) is 6.58 Å². The number of nitrogens with two attached hydrogens (primary N) is 1. The summed E-state index contributed by atoms with van der Waals surface area (Å²) in [6.07, 6.45) is 0. The summed E-state index contributed by atoms with van der Waals surface area (Å²) in [5, 5.41) is 10.5. The average Bonchev–Trinajstić information content (AvgIpc) is 2.16. The molecule has 1 aromatic heterocycles. The largest absolute Gasteiger partial charge is 0.386 e. The smallest absolute Gasteiger partial charge is 0.252 e. The highest BCUT2D eigenvalue weighted by atomic mass is 16.1. The van der Waals surface area contributed by atoms with E-state index < -0.39 is 0 Å². The van der Waals surface area contributed by atoms with Crippen LogP contribution in [-0.4, -0.2) is 10.3 Å². The molecule has 5 nitrogen and oxygen atoms in total. The van der Waals surface area contributed by atoms with Gasteiger partial charge in [0.25, 0.3) is 5.56 Å². The van der Waals surface area contributed by atoms with E-state index in [0.717, 1.165) is 0 Å². The van der Waals surface area contributed by atoms with Crippen molar-refractivity contribution in [3.63, 3.8) is 0 Å². The van der Waals surface area contributed by atoms with Crippen molar-refractivity contribution in [2.75, 3.05) is 5.32 Å². The van der Waals surface area contributed by atoms with Crippen molar-refractivity contribution in [2.24, 2.45) is 5.73 Å². The van der Waals surface area contributed by atoms with E-state index in [1.54, 1.807) is 13.0 Å². The van der Waals surface area contributed by atoms with Gasteiger partial charge in [-0.15, -0.1) is 0 Å². The van der Waals surface area contributed by atoms with Gasteiger partial charge in [-0.05, 0) is 19.9 Å². The van der Waals surface area contributed by atoms with Crippen LogP contribution in [0.2, 0.25) is 0 Å². The van der Waals surface area contributed by atoms with E-state index in [2.05, 4.69) is 11.9 Å². The van der Waals surface area contributed by atoms with Crippen molar-refractivity contribution in [1.29, 1.82) is 5.41 Å². The Kier molecular flexibility index (Phi) is 3.50. The van der Waals surface area contributed by atoms with Gasteiger partial charge in [-0.25, -0.2) is 0 Å². The molecular weight excluding hydrogens is 204 g/mol. The minimum absolute atomic E-state index is 0.128. The second kappa shape index (κ2) is 4.65.